The van der Waals surface area contributed by atoms with Crippen molar-refractivity contribution in [2.45, 2.75) is 19.5 Å². The fourth-order valence-electron chi connectivity index (χ4n) is 2.10. The van der Waals surface area contributed by atoms with Crippen LogP contribution in [0.25, 0.3) is 0 Å². The zero-order valence-electron chi connectivity index (χ0n) is 11.8. The summed E-state index contributed by atoms with van der Waals surface area (Å²) in [5.74, 6) is 0. The van der Waals surface area contributed by atoms with Crippen molar-refractivity contribution in [3.05, 3.63) is 50.1 Å². The molecule has 0 fully saturated rings. The van der Waals surface area contributed by atoms with Gasteiger partial charge in [-0.05, 0) is 44.8 Å². The molecule has 0 spiro atoms. The number of benzene rings is 1. The Morgan fingerprint density at radius 1 is 1.25 bits per heavy atom. The third-order valence-corrected chi connectivity index (χ3v) is 4.48. The summed E-state index contributed by atoms with van der Waals surface area (Å²) in [6.45, 7) is 3.01. The molecule has 2 aromatic rings. The molecule has 0 aliphatic rings. The minimum atomic E-state index is 0.126. The van der Waals surface area contributed by atoms with E-state index in [2.05, 4.69) is 55.5 Å². The molecule has 1 atom stereocenters. The van der Waals surface area contributed by atoms with Crippen LogP contribution in [-0.4, -0.2) is 19.0 Å². The molecule has 5 heteroatoms. The summed E-state index contributed by atoms with van der Waals surface area (Å²) in [6, 6.07) is 10.5. The molecule has 0 radical (unpaired) electrons. The van der Waals surface area contributed by atoms with Gasteiger partial charge in [0.2, 0.25) is 0 Å². The van der Waals surface area contributed by atoms with Crippen molar-refractivity contribution in [1.82, 2.24) is 4.90 Å². The molecule has 1 N–H and O–H groups in total. The number of rotatable bonds is 5. The first-order valence-electron chi connectivity index (χ1n) is 6.40. The minimum Gasteiger partial charge on any atom is -0.378 e. The van der Waals surface area contributed by atoms with Gasteiger partial charge in [-0.1, -0.05) is 35.3 Å². The fourth-order valence-corrected chi connectivity index (χ4v) is 3.75. The molecule has 0 amide bonds. The van der Waals surface area contributed by atoms with Crippen LogP contribution in [0.4, 0.5) is 5.69 Å². The second-order valence-electron chi connectivity index (χ2n) is 5.08. The lowest BCUT2D eigenvalue weighted by atomic mass is 10.1. The highest BCUT2D eigenvalue weighted by molar-refractivity contribution is 7.20. The maximum absolute atomic E-state index is 6.19. The van der Waals surface area contributed by atoms with E-state index in [0.717, 1.165) is 26.5 Å². The Bertz CT molecular complexity index is 581. The summed E-state index contributed by atoms with van der Waals surface area (Å²) in [5.41, 5.74) is 3.41. The van der Waals surface area contributed by atoms with Gasteiger partial charge in [-0.3, -0.25) is 0 Å². The normalized spacial score (nSPS) is 12.7. The van der Waals surface area contributed by atoms with Crippen molar-refractivity contribution >= 4 is 40.2 Å². The third kappa shape index (κ3) is 4.13. The van der Waals surface area contributed by atoms with Crippen LogP contribution < -0.4 is 5.32 Å². The van der Waals surface area contributed by atoms with Gasteiger partial charge >= 0.3 is 0 Å². The van der Waals surface area contributed by atoms with E-state index in [4.69, 9.17) is 23.2 Å². The van der Waals surface area contributed by atoms with Gasteiger partial charge in [0, 0.05) is 17.8 Å². The van der Waals surface area contributed by atoms with Gasteiger partial charge in [-0.15, -0.1) is 11.3 Å². The van der Waals surface area contributed by atoms with Crippen molar-refractivity contribution in [3.63, 3.8) is 0 Å². The Kier molecular flexibility index (Phi) is 5.33. The average molecular weight is 329 g/mol. The highest BCUT2D eigenvalue weighted by Crippen LogP contribution is 2.36. The van der Waals surface area contributed by atoms with E-state index in [1.54, 1.807) is 0 Å². The topological polar surface area (TPSA) is 15.3 Å². The van der Waals surface area contributed by atoms with Crippen LogP contribution in [0.2, 0.25) is 8.67 Å². The van der Waals surface area contributed by atoms with Gasteiger partial charge in [0.15, 0.2) is 0 Å². The highest BCUT2D eigenvalue weighted by atomic mass is 35.5. The number of anilines is 1. The average Bonchev–Trinajstić information content (AvgIpc) is 2.68. The molecule has 20 heavy (non-hydrogen) atoms. The number of halogens is 2. The van der Waals surface area contributed by atoms with Gasteiger partial charge in [-0.25, -0.2) is 0 Å². The Labute approximate surface area is 134 Å². The molecule has 1 unspecified atom stereocenters. The Morgan fingerprint density at radius 3 is 2.60 bits per heavy atom. The van der Waals surface area contributed by atoms with Crippen molar-refractivity contribution in [2.75, 3.05) is 19.4 Å². The summed E-state index contributed by atoms with van der Waals surface area (Å²) in [6.07, 6.45) is 0. The lowest BCUT2D eigenvalue weighted by Crippen LogP contribution is -2.11. The molecule has 108 valence electrons. The minimum absolute atomic E-state index is 0.126. The van der Waals surface area contributed by atoms with Gasteiger partial charge in [0.25, 0.3) is 0 Å². The monoisotopic (exact) mass is 328 g/mol. The second kappa shape index (κ2) is 6.81. The van der Waals surface area contributed by atoms with E-state index in [0.29, 0.717) is 0 Å². The van der Waals surface area contributed by atoms with Crippen LogP contribution in [0.1, 0.15) is 24.1 Å². The van der Waals surface area contributed by atoms with Crippen molar-refractivity contribution in [1.29, 1.82) is 0 Å². The molecule has 2 rings (SSSR count). The first kappa shape index (κ1) is 15.6. The van der Waals surface area contributed by atoms with E-state index < -0.39 is 0 Å². The molecular weight excluding hydrogens is 311 g/mol. The molecule has 0 saturated carbocycles. The molecule has 0 bridgehead atoms. The maximum atomic E-state index is 6.19. The molecule has 1 aromatic carbocycles. The van der Waals surface area contributed by atoms with Gasteiger partial charge < -0.3 is 10.2 Å². The zero-order chi connectivity index (χ0) is 14.7. The number of thiophene rings is 1. The van der Waals surface area contributed by atoms with Gasteiger partial charge in [-0.2, -0.15) is 0 Å². The van der Waals surface area contributed by atoms with E-state index >= 15 is 0 Å². The van der Waals surface area contributed by atoms with Gasteiger partial charge in [0.1, 0.15) is 0 Å². The third-order valence-electron chi connectivity index (χ3n) is 2.96. The van der Waals surface area contributed by atoms with E-state index in [1.165, 1.54) is 16.9 Å². The molecule has 0 aliphatic carbocycles. The second-order valence-corrected chi connectivity index (χ2v) is 7.37. The van der Waals surface area contributed by atoms with Crippen LogP contribution >= 0.6 is 34.5 Å². The van der Waals surface area contributed by atoms with E-state index in [-0.39, 0.29) is 6.04 Å². The fraction of sp³-hybridized carbons (Fsp3) is 0.333. The Morgan fingerprint density at radius 2 is 2.00 bits per heavy atom. The molecule has 0 aliphatic heterocycles. The number of hydrogen-bond acceptors (Lipinski definition) is 3. The standard InChI is InChI=1S/C15H18Cl2N2S/c1-10(13-8-14(16)20-15(13)17)18-12-6-4-5-11(7-12)9-19(2)3/h4-8,10,18H,9H2,1-3H3. The number of nitrogens with zero attached hydrogens (tertiary/aromatic N) is 1. The highest BCUT2D eigenvalue weighted by Gasteiger charge is 2.13. The van der Waals surface area contributed by atoms with E-state index in [9.17, 15) is 0 Å². The van der Waals surface area contributed by atoms with Crippen molar-refractivity contribution < 1.29 is 0 Å². The van der Waals surface area contributed by atoms with Crippen LogP contribution in [0.3, 0.4) is 0 Å². The SMILES string of the molecule is CC(Nc1cccc(CN(C)C)c1)c1cc(Cl)sc1Cl. The molecular formula is C15H18Cl2N2S. The van der Waals surface area contributed by atoms with Crippen molar-refractivity contribution in [3.8, 4) is 0 Å². The molecule has 2 nitrogen and oxygen atoms in total. The smallest absolute Gasteiger partial charge is 0.0996 e. The zero-order valence-corrected chi connectivity index (χ0v) is 14.1. The number of nitrogens with one attached hydrogen (secondary N) is 1. The summed E-state index contributed by atoms with van der Waals surface area (Å²) in [7, 11) is 4.13. The van der Waals surface area contributed by atoms with Crippen molar-refractivity contribution in [2.24, 2.45) is 0 Å². The van der Waals surface area contributed by atoms with Crippen LogP contribution in [-0.2, 0) is 6.54 Å². The summed E-state index contributed by atoms with van der Waals surface area (Å²) >= 11 is 13.6. The summed E-state index contributed by atoms with van der Waals surface area (Å²) in [5, 5.41) is 3.47. The largest absolute Gasteiger partial charge is 0.378 e. The summed E-state index contributed by atoms with van der Waals surface area (Å²) < 4.78 is 1.47. The molecule has 0 saturated heterocycles. The lowest BCUT2D eigenvalue weighted by Gasteiger charge is -2.16. The number of hydrogen-bond donors (Lipinski definition) is 1. The van der Waals surface area contributed by atoms with Crippen LogP contribution in [0, 0.1) is 0 Å². The predicted octanol–water partition coefficient (Wildman–Crippen LogP) is 5.29. The lowest BCUT2D eigenvalue weighted by molar-refractivity contribution is 0.402. The first-order chi connectivity index (χ1) is 9.45. The molecule has 1 heterocycles. The first-order valence-corrected chi connectivity index (χ1v) is 7.98. The quantitative estimate of drug-likeness (QED) is 0.802. The van der Waals surface area contributed by atoms with E-state index in [1.807, 2.05) is 6.07 Å². The Hall–Kier alpha value is -0.740. The summed E-state index contributed by atoms with van der Waals surface area (Å²) in [4.78, 5) is 2.15. The predicted molar refractivity (Wildman–Crippen MR) is 90.2 cm³/mol. The van der Waals surface area contributed by atoms with Crippen LogP contribution in [0.5, 0.6) is 0 Å². The Balaban J connectivity index is 2.11. The molecule has 1 aromatic heterocycles. The maximum Gasteiger partial charge on any atom is 0.0996 e. The van der Waals surface area contributed by atoms with Gasteiger partial charge in [0.05, 0.1) is 14.7 Å². The van der Waals surface area contributed by atoms with Crippen LogP contribution in [0.15, 0.2) is 30.3 Å².